The summed E-state index contributed by atoms with van der Waals surface area (Å²) in [5, 5.41) is 10.8. The molecule has 1 saturated heterocycles. The molecule has 0 spiro atoms. The van der Waals surface area contributed by atoms with E-state index in [0.29, 0.717) is 22.4 Å². The van der Waals surface area contributed by atoms with Crippen LogP contribution < -0.4 is 10.2 Å². The summed E-state index contributed by atoms with van der Waals surface area (Å²) in [6.45, 7) is 3.35. The van der Waals surface area contributed by atoms with E-state index in [0.717, 1.165) is 35.6 Å². The van der Waals surface area contributed by atoms with Gasteiger partial charge in [0.1, 0.15) is 11.6 Å². The lowest BCUT2D eigenvalue weighted by atomic mass is 9.98. The Morgan fingerprint density at radius 2 is 1.87 bits per heavy atom. The van der Waals surface area contributed by atoms with Gasteiger partial charge in [0.15, 0.2) is 16.8 Å². The average Bonchev–Trinajstić information content (AvgIpc) is 3.28. The summed E-state index contributed by atoms with van der Waals surface area (Å²) in [4.78, 5) is 24.9. The zero-order valence-electron chi connectivity index (χ0n) is 21.1. The number of nitrogens with one attached hydrogen (secondary N) is 2. The summed E-state index contributed by atoms with van der Waals surface area (Å²) in [6, 6.07) is 15.6. The quantitative estimate of drug-likeness (QED) is 0.186. The van der Waals surface area contributed by atoms with Crippen molar-refractivity contribution in [1.82, 2.24) is 20.2 Å². The number of benzene rings is 2. The van der Waals surface area contributed by atoms with E-state index < -0.39 is 17.5 Å². The van der Waals surface area contributed by atoms with Gasteiger partial charge < -0.3 is 15.0 Å². The van der Waals surface area contributed by atoms with Crippen LogP contribution in [-0.4, -0.2) is 52.3 Å². The number of aromatic amines is 1. The maximum Gasteiger partial charge on any atom is 0.417 e. The van der Waals surface area contributed by atoms with Gasteiger partial charge in [0.25, 0.3) is 0 Å². The van der Waals surface area contributed by atoms with Crippen LogP contribution in [0.3, 0.4) is 0 Å². The van der Waals surface area contributed by atoms with Gasteiger partial charge in [0.2, 0.25) is 0 Å². The van der Waals surface area contributed by atoms with Crippen molar-refractivity contribution in [3.05, 3.63) is 83.0 Å². The van der Waals surface area contributed by atoms with E-state index in [9.17, 15) is 18.0 Å². The standard InChI is InChI=1S/C27H25F3N6O2S.2H2/c1-16-11-24(35-34-16)31-23-13-25(36-14-18(15-36)38-2)33-26(32-23)39-19-9-7-17(8-10-19)12-22(37)20-5-3-4-6-21(20)27(28,29)30;;/h3-11,13,18H,12,14-15H2,1-2H3,(H2,31,32,33,34,35);2*1H. The molecule has 0 aliphatic carbocycles. The minimum absolute atomic E-state index is 0. The van der Waals surface area contributed by atoms with E-state index >= 15 is 0 Å². The number of hydrogen-bond acceptors (Lipinski definition) is 8. The van der Waals surface area contributed by atoms with Crippen LogP contribution in [0.2, 0.25) is 0 Å². The van der Waals surface area contributed by atoms with Crippen molar-refractivity contribution in [2.24, 2.45) is 0 Å². The van der Waals surface area contributed by atoms with E-state index in [1.165, 1.54) is 30.0 Å². The van der Waals surface area contributed by atoms with Crippen molar-refractivity contribution in [1.29, 1.82) is 0 Å². The van der Waals surface area contributed by atoms with Crippen LogP contribution in [0.25, 0.3) is 0 Å². The second-order valence-corrected chi connectivity index (χ2v) is 10.1. The fourth-order valence-corrected chi connectivity index (χ4v) is 4.87. The molecule has 3 heterocycles. The van der Waals surface area contributed by atoms with Crippen LogP contribution >= 0.6 is 11.8 Å². The first-order valence-corrected chi connectivity index (χ1v) is 12.9. The Balaban J connectivity index is 0.00000231. The average molecular weight is 559 g/mol. The molecule has 2 N–H and O–H groups in total. The molecule has 39 heavy (non-hydrogen) atoms. The lowest BCUT2D eigenvalue weighted by Crippen LogP contribution is -2.52. The highest BCUT2D eigenvalue weighted by atomic mass is 32.2. The van der Waals surface area contributed by atoms with Crippen molar-refractivity contribution in [3.63, 3.8) is 0 Å². The number of ketones is 1. The molecule has 12 heteroatoms. The third-order valence-corrected chi connectivity index (χ3v) is 7.06. The van der Waals surface area contributed by atoms with Crippen molar-refractivity contribution in [3.8, 4) is 0 Å². The molecule has 8 nitrogen and oxygen atoms in total. The maximum absolute atomic E-state index is 13.3. The molecule has 1 fully saturated rings. The van der Waals surface area contributed by atoms with Gasteiger partial charge in [-0.2, -0.15) is 18.3 Å². The third kappa shape index (κ3) is 6.40. The molecule has 0 amide bonds. The summed E-state index contributed by atoms with van der Waals surface area (Å²) >= 11 is 1.34. The molecule has 2 aromatic heterocycles. The van der Waals surface area contributed by atoms with Crippen molar-refractivity contribution in [2.75, 3.05) is 30.4 Å². The van der Waals surface area contributed by atoms with Gasteiger partial charge in [-0.05, 0) is 42.4 Å². The summed E-state index contributed by atoms with van der Waals surface area (Å²) < 4.78 is 45.3. The van der Waals surface area contributed by atoms with E-state index in [2.05, 4.69) is 25.4 Å². The fraction of sp³-hybridized carbons (Fsp3) is 0.259. The van der Waals surface area contributed by atoms with Crippen molar-refractivity contribution in [2.45, 2.75) is 35.7 Å². The first-order valence-electron chi connectivity index (χ1n) is 12.1. The van der Waals surface area contributed by atoms with Crippen LogP contribution in [0.15, 0.2) is 70.7 Å². The van der Waals surface area contributed by atoms with Gasteiger partial charge in [-0.15, -0.1) is 0 Å². The number of alkyl halides is 3. The van der Waals surface area contributed by atoms with Crippen LogP contribution in [0.5, 0.6) is 0 Å². The fourth-order valence-electron chi connectivity index (χ4n) is 4.11. The lowest BCUT2D eigenvalue weighted by Gasteiger charge is -2.39. The van der Waals surface area contributed by atoms with E-state index in [1.807, 2.05) is 19.1 Å². The SMILES string of the molecule is COC1CN(c2cc(Nc3cc(C)[nH]n3)nc(Sc3ccc(CC(=O)c4ccccc4C(F)(F)F)cc3)n2)C1.[HH].[HH]. The Hall–Kier alpha value is -3.90. The lowest BCUT2D eigenvalue weighted by molar-refractivity contribution is -0.137. The number of Topliss-reactive ketones (excluding diaryl/α,β-unsaturated/α-hetero) is 1. The van der Waals surface area contributed by atoms with E-state index in [4.69, 9.17) is 9.72 Å². The molecular formula is C27H29F3N6O2S. The Labute approximate surface area is 230 Å². The minimum Gasteiger partial charge on any atom is -0.378 e. The van der Waals surface area contributed by atoms with E-state index in [1.54, 1.807) is 31.4 Å². The van der Waals surface area contributed by atoms with Crippen molar-refractivity contribution < 1.29 is 25.6 Å². The van der Waals surface area contributed by atoms with Gasteiger partial charge in [-0.1, -0.05) is 30.3 Å². The summed E-state index contributed by atoms with van der Waals surface area (Å²) in [5.41, 5.74) is 0.265. The molecule has 0 unspecified atom stereocenters. The maximum atomic E-state index is 13.3. The molecular weight excluding hydrogens is 529 g/mol. The molecule has 0 atom stereocenters. The topological polar surface area (TPSA) is 96.0 Å². The van der Waals surface area contributed by atoms with Crippen LogP contribution in [0.4, 0.5) is 30.6 Å². The number of H-pyrrole nitrogens is 1. The largest absolute Gasteiger partial charge is 0.417 e. The first-order chi connectivity index (χ1) is 18.7. The molecule has 206 valence electrons. The van der Waals surface area contributed by atoms with Gasteiger partial charge >= 0.3 is 6.18 Å². The number of anilines is 3. The number of aryl methyl sites for hydroxylation is 1. The highest BCUT2D eigenvalue weighted by Crippen LogP contribution is 2.33. The predicted molar refractivity (Wildman–Crippen MR) is 146 cm³/mol. The number of halogens is 3. The second-order valence-electron chi connectivity index (χ2n) is 9.11. The zero-order chi connectivity index (χ0) is 27.6. The van der Waals surface area contributed by atoms with Crippen molar-refractivity contribution >= 4 is 35.0 Å². The molecule has 5 rings (SSSR count). The van der Waals surface area contributed by atoms with Gasteiger partial charge in [-0.25, -0.2) is 9.97 Å². The van der Waals surface area contributed by atoms with Crippen LogP contribution in [-0.2, 0) is 17.3 Å². The highest BCUT2D eigenvalue weighted by Gasteiger charge is 2.34. The molecule has 1 aliphatic heterocycles. The summed E-state index contributed by atoms with van der Waals surface area (Å²) in [5.74, 6) is 1.38. The molecule has 0 bridgehead atoms. The van der Waals surface area contributed by atoms with Gasteiger partial charge in [0, 0.05) is 57.8 Å². The molecule has 4 aromatic rings. The summed E-state index contributed by atoms with van der Waals surface area (Å²) in [7, 11) is 1.68. The number of rotatable bonds is 9. The summed E-state index contributed by atoms with van der Waals surface area (Å²) in [6.07, 6.45) is -4.58. The number of carbonyl (C=O) groups is 1. The Morgan fingerprint density at radius 1 is 1.13 bits per heavy atom. The number of nitrogens with zero attached hydrogens (tertiary/aromatic N) is 4. The Bertz CT molecular complexity index is 1480. The number of carbonyl (C=O) groups excluding carboxylic acids is 1. The smallest absolute Gasteiger partial charge is 0.378 e. The Morgan fingerprint density at radius 3 is 2.54 bits per heavy atom. The highest BCUT2D eigenvalue weighted by molar-refractivity contribution is 7.99. The monoisotopic (exact) mass is 558 g/mol. The normalized spacial score (nSPS) is 13.8. The van der Waals surface area contributed by atoms with Gasteiger partial charge in [-0.3, -0.25) is 9.89 Å². The number of methoxy groups -OCH3 is 1. The van der Waals surface area contributed by atoms with Crippen LogP contribution in [0, 0.1) is 6.92 Å². The van der Waals surface area contributed by atoms with Gasteiger partial charge in [0.05, 0.1) is 11.7 Å². The number of aromatic nitrogens is 4. The molecule has 1 aliphatic rings. The molecule has 0 saturated carbocycles. The van der Waals surface area contributed by atoms with E-state index in [-0.39, 0.29) is 20.9 Å². The van der Waals surface area contributed by atoms with Crippen LogP contribution in [0.1, 0.15) is 30.0 Å². The number of hydrogen-bond donors (Lipinski definition) is 2. The minimum atomic E-state index is -4.59. The zero-order valence-corrected chi connectivity index (χ0v) is 21.9. The second kappa shape index (κ2) is 11.1. The third-order valence-electron chi connectivity index (χ3n) is 6.19. The first kappa shape index (κ1) is 26.7. The Kier molecular flexibility index (Phi) is 7.58. The molecule has 0 radical (unpaired) electrons. The molecule has 2 aromatic carbocycles. The number of ether oxygens (including phenoxy) is 1. The predicted octanol–water partition coefficient (Wildman–Crippen LogP) is 6.17.